The van der Waals surface area contributed by atoms with Crippen molar-refractivity contribution in [2.24, 2.45) is 0 Å². The van der Waals surface area contributed by atoms with E-state index < -0.39 is 0 Å². The van der Waals surface area contributed by atoms with Gasteiger partial charge in [0.15, 0.2) is 11.5 Å². The number of rotatable bonds is 6. The molecule has 0 heterocycles. The summed E-state index contributed by atoms with van der Waals surface area (Å²) in [6, 6.07) is 1.96. The molecule has 0 bridgehead atoms. The van der Waals surface area contributed by atoms with Gasteiger partial charge in [-0.05, 0) is 25.3 Å². The lowest BCUT2D eigenvalue weighted by Gasteiger charge is -2.21. The molecule has 18 heavy (non-hydrogen) atoms. The van der Waals surface area contributed by atoms with Crippen LogP contribution in [-0.4, -0.2) is 33.0 Å². The van der Waals surface area contributed by atoms with Crippen LogP contribution in [-0.2, 0) is 0 Å². The molecule has 0 aromatic heterocycles. The van der Waals surface area contributed by atoms with Crippen LogP contribution >= 0.6 is 0 Å². The third-order valence-electron chi connectivity index (χ3n) is 3.19. The molecule has 1 aromatic carbocycles. The topological polar surface area (TPSA) is 47.9 Å². The molecule has 1 aromatic rings. The predicted molar refractivity (Wildman–Crippen MR) is 71.0 cm³/mol. The number of aliphatic hydroxyl groups excluding tert-OH is 1. The molecule has 0 aliphatic carbocycles. The molecule has 0 fully saturated rings. The molecule has 0 aliphatic heterocycles. The van der Waals surface area contributed by atoms with Crippen LogP contribution in [0.4, 0.5) is 0 Å². The van der Waals surface area contributed by atoms with Gasteiger partial charge in [0.1, 0.15) is 5.75 Å². The van der Waals surface area contributed by atoms with E-state index in [0.717, 1.165) is 22.6 Å². The summed E-state index contributed by atoms with van der Waals surface area (Å²) < 4.78 is 16.2. The van der Waals surface area contributed by atoms with Gasteiger partial charge >= 0.3 is 0 Å². The van der Waals surface area contributed by atoms with Crippen LogP contribution in [0.25, 0.3) is 0 Å². The van der Waals surface area contributed by atoms with Gasteiger partial charge < -0.3 is 19.3 Å². The van der Waals surface area contributed by atoms with E-state index in [1.165, 1.54) is 0 Å². The molecule has 1 rings (SSSR count). The molecule has 0 spiro atoms. The fourth-order valence-corrected chi connectivity index (χ4v) is 2.11. The normalized spacial score (nSPS) is 12.1. The van der Waals surface area contributed by atoms with E-state index in [0.29, 0.717) is 12.2 Å². The lowest BCUT2D eigenvalue weighted by Crippen LogP contribution is -2.04. The number of hydrogen-bond acceptors (Lipinski definition) is 4. The first kappa shape index (κ1) is 14.6. The van der Waals surface area contributed by atoms with Crippen LogP contribution in [0.3, 0.4) is 0 Å². The van der Waals surface area contributed by atoms with Gasteiger partial charge in [-0.15, -0.1) is 0 Å². The van der Waals surface area contributed by atoms with E-state index in [-0.39, 0.29) is 12.5 Å². The highest BCUT2D eigenvalue weighted by Gasteiger charge is 2.21. The smallest absolute Gasteiger partial charge is 0.167 e. The zero-order chi connectivity index (χ0) is 13.7. The zero-order valence-electron chi connectivity index (χ0n) is 11.7. The molecule has 0 unspecified atom stereocenters. The summed E-state index contributed by atoms with van der Waals surface area (Å²) in [7, 11) is 4.87. The summed E-state index contributed by atoms with van der Waals surface area (Å²) in [4.78, 5) is 0. The average molecular weight is 254 g/mol. The first-order valence-corrected chi connectivity index (χ1v) is 6.00. The molecule has 4 nitrogen and oxygen atoms in total. The Morgan fingerprint density at radius 3 is 2.17 bits per heavy atom. The monoisotopic (exact) mass is 254 g/mol. The highest BCUT2D eigenvalue weighted by atomic mass is 16.5. The second-order valence-corrected chi connectivity index (χ2v) is 4.27. The fraction of sp³-hybridized carbons (Fsp3) is 0.571. The van der Waals surface area contributed by atoms with Gasteiger partial charge in [0.05, 0.1) is 21.3 Å². The number of aliphatic hydroxyl groups is 1. The van der Waals surface area contributed by atoms with Gasteiger partial charge in [-0.1, -0.05) is 6.92 Å². The Kier molecular flexibility index (Phi) is 5.28. The first-order chi connectivity index (χ1) is 8.60. The van der Waals surface area contributed by atoms with Gasteiger partial charge in [0.25, 0.3) is 0 Å². The standard InChI is InChI=1S/C14H22O4/c1-9(6-7-15)11-8-12(16-3)10(2)13(17-4)14(11)18-5/h8-9,15H,6-7H2,1-5H3/t9-/m0/s1. The average Bonchev–Trinajstić information content (AvgIpc) is 2.38. The van der Waals surface area contributed by atoms with Gasteiger partial charge in [0, 0.05) is 17.7 Å². The minimum Gasteiger partial charge on any atom is -0.496 e. The molecule has 1 N–H and O–H groups in total. The lowest BCUT2D eigenvalue weighted by atomic mass is 9.94. The van der Waals surface area contributed by atoms with Crippen molar-refractivity contribution in [1.82, 2.24) is 0 Å². The van der Waals surface area contributed by atoms with Gasteiger partial charge in [-0.2, -0.15) is 0 Å². The van der Waals surface area contributed by atoms with Crippen LogP contribution < -0.4 is 14.2 Å². The first-order valence-electron chi connectivity index (χ1n) is 6.00. The molecule has 102 valence electrons. The van der Waals surface area contributed by atoms with E-state index in [4.69, 9.17) is 19.3 Å². The number of ether oxygens (including phenoxy) is 3. The Balaban J connectivity index is 3.39. The van der Waals surface area contributed by atoms with Gasteiger partial charge in [-0.25, -0.2) is 0 Å². The van der Waals surface area contributed by atoms with Crippen LogP contribution in [0, 0.1) is 6.92 Å². The summed E-state index contributed by atoms with van der Waals surface area (Å²) in [5, 5.41) is 9.07. The molecule has 0 amide bonds. The van der Waals surface area contributed by atoms with Crippen LogP contribution in [0.2, 0.25) is 0 Å². The van der Waals surface area contributed by atoms with E-state index in [1.54, 1.807) is 21.3 Å². The highest BCUT2D eigenvalue weighted by molar-refractivity contribution is 5.58. The van der Waals surface area contributed by atoms with E-state index in [1.807, 2.05) is 19.9 Å². The Morgan fingerprint density at radius 1 is 1.11 bits per heavy atom. The second-order valence-electron chi connectivity index (χ2n) is 4.27. The number of methoxy groups -OCH3 is 3. The third kappa shape index (κ3) is 2.70. The van der Waals surface area contributed by atoms with Gasteiger partial charge in [0.2, 0.25) is 0 Å². The molecule has 0 saturated heterocycles. The molecular weight excluding hydrogens is 232 g/mol. The Labute approximate surface area is 108 Å². The van der Waals surface area contributed by atoms with E-state index in [2.05, 4.69) is 0 Å². The van der Waals surface area contributed by atoms with Crippen LogP contribution in [0.15, 0.2) is 6.07 Å². The Morgan fingerprint density at radius 2 is 1.72 bits per heavy atom. The molecule has 0 radical (unpaired) electrons. The quantitative estimate of drug-likeness (QED) is 0.847. The summed E-state index contributed by atoms with van der Waals surface area (Å²) in [6.45, 7) is 4.12. The maximum Gasteiger partial charge on any atom is 0.167 e. The largest absolute Gasteiger partial charge is 0.496 e. The minimum atomic E-state index is 0.142. The summed E-state index contributed by atoms with van der Waals surface area (Å²) in [6.07, 6.45) is 0.672. The van der Waals surface area contributed by atoms with Crippen molar-refractivity contribution in [1.29, 1.82) is 0 Å². The van der Waals surface area contributed by atoms with Crippen molar-refractivity contribution in [2.45, 2.75) is 26.2 Å². The highest BCUT2D eigenvalue weighted by Crippen LogP contribution is 2.43. The fourth-order valence-electron chi connectivity index (χ4n) is 2.11. The van der Waals surface area contributed by atoms with Crippen LogP contribution in [0.1, 0.15) is 30.4 Å². The minimum absolute atomic E-state index is 0.142. The number of hydrogen-bond donors (Lipinski definition) is 1. The molecule has 4 heteroatoms. The van der Waals surface area contributed by atoms with Gasteiger partial charge in [-0.3, -0.25) is 0 Å². The van der Waals surface area contributed by atoms with Crippen LogP contribution in [0.5, 0.6) is 17.2 Å². The molecule has 0 aliphatic rings. The number of benzene rings is 1. The maximum atomic E-state index is 9.07. The zero-order valence-corrected chi connectivity index (χ0v) is 11.7. The second kappa shape index (κ2) is 6.50. The molecular formula is C14H22O4. The van der Waals surface area contributed by atoms with E-state index >= 15 is 0 Å². The summed E-state index contributed by atoms with van der Waals surface area (Å²) >= 11 is 0. The Bertz CT molecular complexity index is 401. The molecule has 1 atom stereocenters. The van der Waals surface area contributed by atoms with Crippen molar-refractivity contribution >= 4 is 0 Å². The van der Waals surface area contributed by atoms with Crippen molar-refractivity contribution in [2.75, 3.05) is 27.9 Å². The summed E-state index contributed by atoms with van der Waals surface area (Å²) in [5.41, 5.74) is 1.91. The molecule has 0 saturated carbocycles. The van der Waals surface area contributed by atoms with Crippen molar-refractivity contribution in [3.8, 4) is 17.2 Å². The SMILES string of the molecule is COc1cc([C@@H](C)CCO)c(OC)c(OC)c1C. The van der Waals surface area contributed by atoms with Crippen molar-refractivity contribution < 1.29 is 19.3 Å². The van der Waals surface area contributed by atoms with E-state index in [9.17, 15) is 0 Å². The lowest BCUT2D eigenvalue weighted by molar-refractivity contribution is 0.276. The van der Waals surface area contributed by atoms with Crippen molar-refractivity contribution in [3.63, 3.8) is 0 Å². The van der Waals surface area contributed by atoms with Crippen molar-refractivity contribution in [3.05, 3.63) is 17.2 Å². The third-order valence-corrected chi connectivity index (χ3v) is 3.19. The Hall–Kier alpha value is -1.42. The predicted octanol–water partition coefficient (Wildman–Crippen LogP) is 2.51. The summed E-state index contributed by atoms with van der Waals surface area (Å²) in [5.74, 6) is 2.36. The maximum absolute atomic E-state index is 9.07.